The highest BCUT2D eigenvalue weighted by Crippen LogP contribution is 2.29. The van der Waals surface area contributed by atoms with Crippen molar-refractivity contribution < 1.29 is 14.3 Å². The number of carbonyl (C=O) groups excluding carboxylic acids is 1. The minimum absolute atomic E-state index is 0.0625. The molecule has 0 atom stereocenters. The van der Waals surface area contributed by atoms with Crippen LogP contribution in [0, 0.1) is 0 Å². The summed E-state index contributed by atoms with van der Waals surface area (Å²) in [6, 6.07) is 19.8. The number of fused-ring (bicyclic) bond motifs is 1. The molecule has 0 aliphatic heterocycles. The fourth-order valence-electron chi connectivity index (χ4n) is 2.89. The second-order valence-corrected chi connectivity index (χ2v) is 6.46. The summed E-state index contributed by atoms with van der Waals surface area (Å²) in [6.07, 6.45) is 1.73. The van der Waals surface area contributed by atoms with Crippen molar-refractivity contribution in [3.63, 3.8) is 0 Å². The number of aromatic nitrogens is 1. The number of benzene rings is 3. The lowest BCUT2D eigenvalue weighted by Gasteiger charge is -2.07. The number of rotatable bonds is 5. The van der Waals surface area contributed by atoms with E-state index < -0.39 is 0 Å². The SMILES string of the molecule is COc1ccc(C(=O)c2c[nH]c3ccc(Oc4ccc(Cl)cc4)cc23)cc1. The minimum atomic E-state index is -0.0625. The van der Waals surface area contributed by atoms with Crippen LogP contribution in [0.25, 0.3) is 10.9 Å². The van der Waals surface area contributed by atoms with E-state index >= 15 is 0 Å². The molecule has 5 heteroatoms. The number of ether oxygens (including phenoxy) is 2. The van der Waals surface area contributed by atoms with Crippen LogP contribution in [-0.2, 0) is 0 Å². The molecular weight excluding hydrogens is 362 g/mol. The summed E-state index contributed by atoms with van der Waals surface area (Å²) >= 11 is 5.91. The molecule has 1 aromatic heterocycles. The van der Waals surface area contributed by atoms with Crippen molar-refractivity contribution in [1.82, 2.24) is 4.98 Å². The highest BCUT2D eigenvalue weighted by atomic mass is 35.5. The van der Waals surface area contributed by atoms with E-state index in [1.54, 1.807) is 61.8 Å². The van der Waals surface area contributed by atoms with Gasteiger partial charge >= 0.3 is 0 Å². The first-order valence-corrected chi connectivity index (χ1v) is 8.75. The van der Waals surface area contributed by atoms with Crippen LogP contribution >= 0.6 is 11.6 Å². The highest BCUT2D eigenvalue weighted by molar-refractivity contribution is 6.30. The van der Waals surface area contributed by atoms with Gasteiger partial charge in [0.25, 0.3) is 0 Å². The van der Waals surface area contributed by atoms with E-state index in [0.29, 0.717) is 33.4 Å². The predicted octanol–water partition coefficient (Wildman–Crippen LogP) is 5.85. The third-order valence-corrected chi connectivity index (χ3v) is 4.55. The molecule has 0 radical (unpaired) electrons. The van der Waals surface area contributed by atoms with Crippen molar-refractivity contribution in [2.24, 2.45) is 0 Å². The number of ketones is 1. The van der Waals surface area contributed by atoms with Crippen LogP contribution in [-0.4, -0.2) is 17.9 Å². The number of carbonyl (C=O) groups is 1. The first-order chi connectivity index (χ1) is 13.1. The Morgan fingerprint density at radius 1 is 0.889 bits per heavy atom. The first-order valence-electron chi connectivity index (χ1n) is 8.37. The zero-order chi connectivity index (χ0) is 18.8. The van der Waals surface area contributed by atoms with Crippen LogP contribution in [0.5, 0.6) is 17.2 Å². The molecule has 134 valence electrons. The second kappa shape index (κ2) is 7.17. The van der Waals surface area contributed by atoms with E-state index in [9.17, 15) is 4.79 Å². The van der Waals surface area contributed by atoms with Crippen molar-refractivity contribution in [3.8, 4) is 17.2 Å². The maximum absolute atomic E-state index is 12.9. The number of aromatic amines is 1. The van der Waals surface area contributed by atoms with E-state index in [0.717, 1.165) is 10.9 Å². The van der Waals surface area contributed by atoms with Crippen LogP contribution in [0.15, 0.2) is 72.9 Å². The largest absolute Gasteiger partial charge is 0.497 e. The molecule has 0 aliphatic rings. The molecule has 27 heavy (non-hydrogen) atoms. The predicted molar refractivity (Wildman–Crippen MR) is 106 cm³/mol. The lowest BCUT2D eigenvalue weighted by molar-refractivity contribution is 0.104. The number of H-pyrrole nitrogens is 1. The highest BCUT2D eigenvalue weighted by Gasteiger charge is 2.15. The molecule has 0 fully saturated rings. The quantitative estimate of drug-likeness (QED) is 0.443. The van der Waals surface area contributed by atoms with Gasteiger partial charge in [-0.3, -0.25) is 4.79 Å². The van der Waals surface area contributed by atoms with E-state index in [1.807, 2.05) is 18.2 Å². The molecule has 4 rings (SSSR count). The van der Waals surface area contributed by atoms with Crippen LogP contribution in [0.3, 0.4) is 0 Å². The molecule has 0 aliphatic carbocycles. The smallest absolute Gasteiger partial charge is 0.195 e. The minimum Gasteiger partial charge on any atom is -0.497 e. The number of nitrogens with one attached hydrogen (secondary N) is 1. The molecule has 0 amide bonds. The van der Waals surface area contributed by atoms with Gasteiger partial charge in [0.2, 0.25) is 0 Å². The molecule has 0 spiro atoms. The van der Waals surface area contributed by atoms with Crippen molar-refractivity contribution in [2.75, 3.05) is 7.11 Å². The van der Waals surface area contributed by atoms with Crippen LogP contribution < -0.4 is 9.47 Å². The van der Waals surface area contributed by atoms with Crippen molar-refractivity contribution in [3.05, 3.63) is 89.1 Å². The summed E-state index contributed by atoms with van der Waals surface area (Å²) in [5.74, 6) is 1.97. The summed E-state index contributed by atoms with van der Waals surface area (Å²) in [6.45, 7) is 0. The molecule has 3 aromatic carbocycles. The summed E-state index contributed by atoms with van der Waals surface area (Å²) in [7, 11) is 1.60. The normalized spacial score (nSPS) is 10.7. The van der Waals surface area contributed by atoms with Crippen LogP contribution in [0.2, 0.25) is 5.02 Å². The molecule has 4 nitrogen and oxygen atoms in total. The van der Waals surface area contributed by atoms with Gasteiger partial charge in [0.05, 0.1) is 7.11 Å². The Morgan fingerprint density at radius 2 is 1.56 bits per heavy atom. The van der Waals surface area contributed by atoms with Gasteiger partial charge in [-0.25, -0.2) is 0 Å². The van der Waals surface area contributed by atoms with Gasteiger partial charge in [-0.15, -0.1) is 0 Å². The molecule has 0 saturated heterocycles. The Balaban J connectivity index is 1.66. The standard InChI is InChI=1S/C22H16ClNO3/c1-26-16-6-2-14(3-7-16)22(25)20-13-24-21-11-10-18(12-19(20)21)27-17-8-4-15(23)5-9-17/h2-13,24H,1H3. The van der Waals surface area contributed by atoms with Gasteiger partial charge in [-0.1, -0.05) is 11.6 Å². The average Bonchev–Trinajstić information content (AvgIpc) is 3.12. The van der Waals surface area contributed by atoms with E-state index in [2.05, 4.69) is 4.98 Å². The van der Waals surface area contributed by atoms with Gasteiger partial charge in [0, 0.05) is 33.2 Å². The van der Waals surface area contributed by atoms with Crippen molar-refractivity contribution in [1.29, 1.82) is 0 Å². The van der Waals surface area contributed by atoms with Gasteiger partial charge < -0.3 is 14.5 Å². The molecule has 4 aromatic rings. The fraction of sp³-hybridized carbons (Fsp3) is 0.0455. The number of methoxy groups -OCH3 is 1. The van der Waals surface area contributed by atoms with Gasteiger partial charge in [0.15, 0.2) is 5.78 Å². The van der Waals surface area contributed by atoms with E-state index in [-0.39, 0.29) is 5.78 Å². The van der Waals surface area contributed by atoms with Gasteiger partial charge in [0.1, 0.15) is 17.2 Å². The summed E-state index contributed by atoms with van der Waals surface area (Å²) in [5, 5.41) is 1.46. The Morgan fingerprint density at radius 3 is 2.26 bits per heavy atom. The monoisotopic (exact) mass is 377 g/mol. The Kier molecular flexibility index (Phi) is 4.57. The zero-order valence-electron chi connectivity index (χ0n) is 14.5. The third kappa shape index (κ3) is 3.52. The fourth-order valence-corrected chi connectivity index (χ4v) is 3.01. The van der Waals surface area contributed by atoms with Crippen molar-refractivity contribution >= 4 is 28.3 Å². The lowest BCUT2D eigenvalue weighted by atomic mass is 10.0. The van der Waals surface area contributed by atoms with E-state index in [4.69, 9.17) is 21.1 Å². The Hall–Kier alpha value is -3.24. The van der Waals surface area contributed by atoms with Gasteiger partial charge in [-0.05, 0) is 66.7 Å². The second-order valence-electron chi connectivity index (χ2n) is 6.02. The van der Waals surface area contributed by atoms with E-state index in [1.165, 1.54) is 0 Å². The Bertz CT molecular complexity index is 1100. The summed E-state index contributed by atoms with van der Waals surface area (Å²) in [5.41, 5.74) is 2.06. The lowest BCUT2D eigenvalue weighted by Crippen LogP contribution is -2.00. The third-order valence-electron chi connectivity index (χ3n) is 4.30. The summed E-state index contributed by atoms with van der Waals surface area (Å²) < 4.78 is 11.0. The number of hydrogen-bond donors (Lipinski definition) is 1. The molecule has 1 heterocycles. The number of hydrogen-bond acceptors (Lipinski definition) is 3. The average molecular weight is 378 g/mol. The molecule has 1 N–H and O–H groups in total. The number of halogens is 1. The van der Waals surface area contributed by atoms with Crippen molar-refractivity contribution in [2.45, 2.75) is 0 Å². The van der Waals surface area contributed by atoms with Crippen LogP contribution in [0.1, 0.15) is 15.9 Å². The Labute approximate surface area is 161 Å². The summed E-state index contributed by atoms with van der Waals surface area (Å²) in [4.78, 5) is 16.1. The topological polar surface area (TPSA) is 51.3 Å². The molecular formula is C22H16ClNO3. The van der Waals surface area contributed by atoms with Gasteiger partial charge in [-0.2, -0.15) is 0 Å². The zero-order valence-corrected chi connectivity index (χ0v) is 15.3. The first kappa shape index (κ1) is 17.2. The van der Waals surface area contributed by atoms with Crippen LogP contribution in [0.4, 0.5) is 0 Å². The molecule has 0 unspecified atom stereocenters. The molecule has 0 saturated carbocycles. The molecule has 0 bridgehead atoms. The maximum atomic E-state index is 12.9. The maximum Gasteiger partial charge on any atom is 0.195 e.